The smallest absolute Gasteiger partial charge is 0.0874 e. The fourth-order valence-electron chi connectivity index (χ4n) is 7.12. The molecule has 0 heterocycles. The third kappa shape index (κ3) is 45.3. The van der Waals surface area contributed by atoms with Crippen molar-refractivity contribution in [2.45, 2.75) is 219 Å². The van der Waals surface area contributed by atoms with E-state index in [0.29, 0.717) is 0 Å². The molecule has 0 saturated heterocycles. The molecule has 0 aliphatic rings. The van der Waals surface area contributed by atoms with Crippen LogP contribution in [0.1, 0.15) is 219 Å². The quantitative estimate of drug-likeness (QED) is 0.0442. The highest BCUT2D eigenvalue weighted by atomic mass is 79.9. The Morgan fingerprint density at radius 1 is 0.265 bits per heavy atom. The van der Waals surface area contributed by atoms with Crippen LogP contribution in [-0.2, 0) is 0 Å². The molecule has 0 rings (SSSR count). The molecule has 0 N–H and O–H groups in total. The van der Waals surface area contributed by atoms with Crippen molar-refractivity contribution in [3.63, 3.8) is 0 Å². The summed E-state index contributed by atoms with van der Waals surface area (Å²) in [6.45, 7) is 10.0. The van der Waals surface area contributed by atoms with E-state index in [9.17, 15) is 0 Å². The van der Waals surface area contributed by atoms with Gasteiger partial charge in [0.15, 0.2) is 0 Å². The number of halogens is 2. The molecule has 0 atom stereocenters. The van der Waals surface area contributed by atoms with Crippen molar-refractivity contribution in [3.05, 3.63) is 0 Å². The van der Waals surface area contributed by atoms with Crippen molar-refractivity contribution in [3.8, 4) is 0 Å². The predicted octanol–water partition coefficient (Wildman–Crippen LogP) is 8.40. The highest BCUT2D eigenvalue weighted by Gasteiger charge is 2.16. The summed E-state index contributed by atoms with van der Waals surface area (Å²) in [5, 5.41) is 0. The number of quaternary nitrogens is 2. The summed E-state index contributed by atoms with van der Waals surface area (Å²) in [6, 6.07) is 0. The van der Waals surface area contributed by atoms with E-state index >= 15 is 0 Å². The Morgan fingerprint density at radius 3 is 0.653 bits per heavy atom. The van der Waals surface area contributed by atoms with E-state index in [-0.39, 0.29) is 34.0 Å². The van der Waals surface area contributed by atoms with Gasteiger partial charge in [-0.1, -0.05) is 194 Å². The van der Waals surface area contributed by atoms with Gasteiger partial charge in [0.2, 0.25) is 0 Å². The lowest BCUT2D eigenvalue weighted by atomic mass is 10.0. The van der Waals surface area contributed by atoms with Crippen molar-refractivity contribution in [2.24, 2.45) is 0 Å². The van der Waals surface area contributed by atoms with Gasteiger partial charge in [-0.15, -0.1) is 0 Å². The molecule has 0 aromatic rings. The zero-order chi connectivity index (χ0) is 34.6. The van der Waals surface area contributed by atoms with Gasteiger partial charge in [-0.05, 0) is 25.7 Å². The van der Waals surface area contributed by atoms with Gasteiger partial charge in [0.1, 0.15) is 0 Å². The highest BCUT2D eigenvalue weighted by Crippen LogP contribution is 2.17. The molecule has 0 saturated carbocycles. The fourth-order valence-corrected chi connectivity index (χ4v) is 8.58. The summed E-state index contributed by atoms with van der Waals surface area (Å²) >= 11 is 2.20. The van der Waals surface area contributed by atoms with E-state index in [1.165, 1.54) is 252 Å². The van der Waals surface area contributed by atoms with E-state index in [2.05, 4.69) is 53.8 Å². The first-order valence-corrected chi connectivity index (χ1v) is 23.2. The van der Waals surface area contributed by atoms with Gasteiger partial charge in [-0.25, -0.2) is 0 Å². The van der Waals surface area contributed by atoms with Crippen LogP contribution in [0.2, 0.25) is 0 Å². The van der Waals surface area contributed by atoms with Crippen LogP contribution in [0.15, 0.2) is 0 Å². The van der Waals surface area contributed by atoms with Crippen LogP contribution in [0.4, 0.5) is 0 Å². The first-order valence-electron chi connectivity index (χ1n) is 22.0. The van der Waals surface area contributed by atoms with Crippen molar-refractivity contribution < 1.29 is 42.9 Å². The van der Waals surface area contributed by atoms with E-state index < -0.39 is 0 Å². The normalized spacial score (nSPS) is 11.9. The first kappa shape index (κ1) is 54.6. The third-order valence-electron chi connectivity index (χ3n) is 10.9. The number of thioether (sulfide) groups is 1. The molecule has 2 nitrogen and oxygen atoms in total. The van der Waals surface area contributed by atoms with Crippen LogP contribution in [-0.4, -0.2) is 74.8 Å². The van der Waals surface area contributed by atoms with Crippen LogP contribution < -0.4 is 34.0 Å². The average Bonchev–Trinajstić information content (AvgIpc) is 3.04. The van der Waals surface area contributed by atoms with E-state index in [4.69, 9.17) is 0 Å². The monoisotopic (exact) mass is 841 g/mol. The number of hydrogen-bond donors (Lipinski definition) is 0. The third-order valence-corrected chi connectivity index (χ3v) is 11.9. The minimum Gasteiger partial charge on any atom is -1.00 e. The molecule has 5 heteroatoms. The lowest BCUT2D eigenvalue weighted by Crippen LogP contribution is -3.00. The Balaban J connectivity index is -0.0000106. The molecular formula is C44H94Br2N2S. The van der Waals surface area contributed by atoms with Crippen molar-refractivity contribution >= 4 is 11.8 Å². The second kappa shape index (κ2) is 42.0. The lowest BCUT2D eigenvalue weighted by molar-refractivity contribution is -0.888. The van der Waals surface area contributed by atoms with Gasteiger partial charge in [0.05, 0.1) is 54.4 Å². The van der Waals surface area contributed by atoms with Crippen molar-refractivity contribution in [1.82, 2.24) is 0 Å². The molecule has 0 spiro atoms. The summed E-state index contributed by atoms with van der Waals surface area (Å²) in [7, 11) is 9.85. The molecular weight excluding hydrogens is 748 g/mol. The fraction of sp³-hybridized carbons (Fsp3) is 1.00. The zero-order valence-corrected chi connectivity index (χ0v) is 38.9. The average molecular weight is 843 g/mol. The molecule has 0 aliphatic heterocycles. The Hall–Kier alpha value is 1.23. The Morgan fingerprint density at radius 2 is 0.449 bits per heavy atom. The summed E-state index contributed by atoms with van der Waals surface area (Å²) in [5.41, 5.74) is 0. The number of rotatable bonds is 40. The maximum absolute atomic E-state index is 2.46. The van der Waals surface area contributed by atoms with Crippen LogP contribution >= 0.6 is 11.8 Å². The number of hydrogen-bond acceptors (Lipinski definition) is 1. The lowest BCUT2D eigenvalue weighted by Gasteiger charge is -2.31. The molecule has 0 aliphatic carbocycles. The highest BCUT2D eigenvalue weighted by molar-refractivity contribution is 7.99. The summed E-state index contributed by atoms with van der Waals surface area (Å²) < 4.78 is 2.42. The second-order valence-electron chi connectivity index (χ2n) is 17.0. The van der Waals surface area contributed by atoms with Gasteiger partial charge in [0.25, 0.3) is 0 Å². The predicted molar refractivity (Wildman–Crippen MR) is 220 cm³/mol. The zero-order valence-electron chi connectivity index (χ0n) is 34.9. The summed E-state index contributed by atoms with van der Waals surface area (Å²) in [5.74, 6) is 2.65. The molecule has 0 radical (unpaired) electrons. The van der Waals surface area contributed by atoms with Crippen LogP contribution in [0, 0.1) is 0 Å². The summed E-state index contributed by atoms with van der Waals surface area (Å²) in [6.07, 6.45) is 46.7. The SMILES string of the molecule is CCCCCCCCCCCCCCCCCC[N+](C)(C)CCSCC[N+](C)(C)CCCCCCCCCCCCCCCCCC.[Br-].[Br-]. The molecule has 0 amide bonds. The van der Waals surface area contributed by atoms with Gasteiger partial charge in [-0.3, -0.25) is 0 Å². The number of nitrogens with zero attached hydrogens (tertiary/aromatic N) is 2. The van der Waals surface area contributed by atoms with Gasteiger partial charge in [-0.2, -0.15) is 11.8 Å². The van der Waals surface area contributed by atoms with Gasteiger partial charge >= 0.3 is 0 Å². The molecule has 0 unspecified atom stereocenters. The van der Waals surface area contributed by atoms with Crippen LogP contribution in [0.5, 0.6) is 0 Å². The molecule has 0 fully saturated rings. The largest absolute Gasteiger partial charge is 1.00 e. The van der Waals surface area contributed by atoms with Gasteiger partial charge in [0, 0.05) is 11.5 Å². The molecule has 0 bridgehead atoms. The minimum absolute atomic E-state index is 0. The Labute approximate surface area is 338 Å². The maximum Gasteiger partial charge on any atom is 0.0874 e. The second-order valence-corrected chi connectivity index (χ2v) is 18.2. The van der Waals surface area contributed by atoms with Crippen LogP contribution in [0.3, 0.4) is 0 Å². The van der Waals surface area contributed by atoms with Gasteiger partial charge < -0.3 is 42.9 Å². The molecule has 300 valence electrons. The van der Waals surface area contributed by atoms with E-state index in [1.807, 2.05) is 0 Å². The standard InChI is InChI=1S/C44H94N2S.2BrH/c1-7-9-11-13-15-17-19-21-23-25-27-29-31-33-35-37-39-45(3,4)41-43-47-44-42-46(5,6)40-38-36-34-32-30-28-26-24-22-20-18-16-14-12-10-8-2;;/h7-44H2,1-6H3;2*1H/q+2;;/p-2. The molecule has 49 heavy (non-hydrogen) atoms. The van der Waals surface area contributed by atoms with Crippen molar-refractivity contribution in [2.75, 3.05) is 65.9 Å². The van der Waals surface area contributed by atoms with Crippen molar-refractivity contribution in [1.29, 1.82) is 0 Å². The Kier molecular flexibility index (Phi) is 46.8. The summed E-state index contributed by atoms with van der Waals surface area (Å²) in [4.78, 5) is 0. The van der Waals surface area contributed by atoms with E-state index in [1.54, 1.807) is 0 Å². The molecule has 0 aromatic heterocycles. The number of unbranched alkanes of at least 4 members (excludes halogenated alkanes) is 30. The topological polar surface area (TPSA) is 0 Å². The minimum atomic E-state index is 0. The molecule has 0 aromatic carbocycles. The first-order chi connectivity index (χ1) is 22.8. The Bertz CT molecular complexity index is 551. The van der Waals surface area contributed by atoms with E-state index in [0.717, 1.165) is 0 Å². The van der Waals surface area contributed by atoms with Crippen LogP contribution in [0.25, 0.3) is 0 Å². The maximum atomic E-state index is 2.46.